The van der Waals surface area contributed by atoms with Gasteiger partial charge in [0.25, 0.3) is 0 Å². The molecule has 0 aliphatic heterocycles. The molecule has 0 aromatic rings. The number of aliphatic hydroxyl groups is 1. The van der Waals surface area contributed by atoms with E-state index in [4.69, 9.17) is 5.73 Å². The molecule has 5 unspecified atom stereocenters. The monoisotopic (exact) mass is 254 g/mol. The molecule has 0 aromatic heterocycles. The summed E-state index contributed by atoms with van der Waals surface area (Å²) in [5.41, 5.74) is 6.13. The molecule has 0 spiro atoms. The number of carbonyl (C=O) groups is 1. The zero-order valence-electron chi connectivity index (χ0n) is 11.4. The largest absolute Gasteiger partial charge is 0.391 e. The van der Waals surface area contributed by atoms with E-state index in [2.05, 4.69) is 19.2 Å². The number of carbonyl (C=O) groups excluding carboxylic acids is 1. The van der Waals surface area contributed by atoms with Crippen LogP contribution in [-0.4, -0.2) is 29.7 Å². The quantitative estimate of drug-likeness (QED) is 0.682. The van der Waals surface area contributed by atoms with Crippen molar-refractivity contribution in [2.24, 2.45) is 29.4 Å². The average Bonchev–Trinajstić information content (AvgIpc) is 2.85. The molecule has 4 heteroatoms. The molecule has 2 aliphatic carbocycles. The lowest BCUT2D eigenvalue weighted by molar-refractivity contribution is -0.127. The molecule has 0 heterocycles. The number of nitrogens with two attached hydrogens (primary N) is 1. The van der Waals surface area contributed by atoms with Crippen molar-refractivity contribution in [2.45, 2.75) is 51.7 Å². The van der Waals surface area contributed by atoms with Gasteiger partial charge in [0.1, 0.15) is 0 Å². The predicted octanol–water partition coefficient (Wildman–Crippen LogP) is 0.883. The van der Waals surface area contributed by atoms with E-state index in [0.717, 1.165) is 19.3 Å². The number of aliphatic hydroxyl groups excluding tert-OH is 1. The lowest BCUT2D eigenvalue weighted by Crippen LogP contribution is -2.46. The molecule has 0 radical (unpaired) electrons. The fourth-order valence-corrected chi connectivity index (χ4v) is 3.69. The first-order chi connectivity index (χ1) is 8.49. The molecule has 2 saturated carbocycles. The van der Waals surface area contributed by atoms with Crippen LogP contribution in [0.15, 0.2) is 0 Å². The molecule has 2 bridgehead atoms. The van der Waals surface area contributed by atoms with Gasteiger partial charge in [-0.2, -0.15) is 0 Å². The van der Waals surface area contributed by atoms with E-state index in [-0.39, 0.29) is 17.9 Å². The van der Waals surface area contributed by atoms with Crippen molar-refractivity contribution < 1.29 is 9.90 Å². The summed E-state index contributed by atoms with van der Waals surface area (Å²) in [5.74, 6) is 1.51. The summed E-state index contributed by atoms with van der Waals surface area (Å²) in [6, 6.07) is 0.0333. The molecule has 2 fully saturated rings. The second-order valence-corrected chi connectivity index (χ2v) is 6.46. The van der Waals surface area contributed by atoms with Crippen LogP contribution in [0.25, 0.3) is 0 Å². The molecule has 0 aromatic carbocycles. The minimum Gasteiger partial charge on any atom is -0.391 e. The highest BCUT2D eigenvalue weighted by atomic mass is 16.3. The summed E-state index contributed by atoms with van der Waals surface area (Å²) in [7, 11) is 0. The van der Waals surface area contributed by atoms with Crippen LogP contribution in [-0.2, 0) is 4.79 Å². The van der Waals surface area contributed by atoms with E-state index in [0.29, 0.717) is 24.3 Å². The molecular weight excluding hydrogens is 228 g/mol. The van der Waals surface area contributed by atoms with Crippen LogP contribution >= 0.6 is 0 Å². The van der Waals surface area contributed by atoms with E-state index < -0.39 is 6.10 Å². The van der Waals surface area contributed by atoms with Crippen LogP contribution in [0.4, 0.5) is 0 Å². The van der Waals surface area contributed by atoms with E-state index in [1.807, 2.05) is 0 Å². The van der Waals surface area contributed by atoms with Crippen molar-refractivity contribution in [1.29, 1.82) is 0 Å². The van der Waals surface area contributed by atoms with Crippen LogP contribution < -0.4 is 11.1 Å². The molecule has 2 rings (SSSR count). The number of amides is 1. The van der Waals surface area contributed by atoms with Gasteiger partial charge in [0, 0.05) is 12.6 Å². The minimum absolute atomic E-state index is 0.0185. The highest BCUT2D eigenvalue weighted by molar-refractivity contribution is 5.80. The Labute approximate surface area is 109 Å². The average molecular weight is 254 g/mol. The van der Waals surface area contributed by atoms with Crippen LogP contribution in [0.5, 0.6) is 0 Å². The van der Waals surface area contributed by atoms with Gasteiger partial charge in [-0.25, -0.2) is 0 Å². The van der Waals surface area contributed by atoms with E-state index in [1.54, 1.807) is 0 Å². The maximum absolute atomic E-state index is 12.1. The summed E-state index contributed by atoms with van der Waals surface area (Å²) in [5, 5.41) is 12.6. The third-order valence-electron chi connectivity index (χ3n) is 4.54. The van der Waals surface area contributed by atoms with Crippen molar-refractivity contribution in [3.63, 3.8) is 0 Å². The number of rotatable bonds is 5. The van der Waals surface area contributed by atoms with Gasteiger partial charge in [-0.15, -0.1) is 0 Å². The van der Waals surface area contributed by atoms with Gasteiger partial charge >= 0.3 is 0 Å². The Morgan fingerprint density at radius 2 is 2.06 bits per heavy atom. The van der Waals surface area contributed by atoms with E-state index >= 15 is 0 Å². The first-order valence-corrected chi connectivity index (χ1v) is 7.20. The fourth-order valence-electron chi connectivity index (χ4n) is 3.69. The number of nitrogens with one attached hydrogen (secondary N) is 1. The van der Waals surface area contributed by atoms with Gasteiger partial charge in [-0.05, 0) is 43.4 Å². The molecule has 4 N–H and O–H groups in total. The summed E-state index contributed by atoms with van der Waals surface area (Å²) >= 11 is 0. The molecule has 18 heavy (non-hydrogen) atoms. The number of hydrogen-bond donors (Lipinski definition) is 3. The number of hydrogen-bond acceptors (Lipinski definition) is 3. The Bertz CT molecular complexity index is 304. The van der Waals surface area contributed by atoms with Gasteiger partial charge in [0.05, 0.1) is 12.0 Å². The maximum Gasteiger partial charge on any atom is 0.225 e. The topological polar surface area (TPSA) is 75.3 Å². The standard InChI is InChI=1S/C14H26N2O2/c1-8(2)5-11(17)7-16-14(18)12-9-3-4-10(6-9)13(12)15/h8-13,17H,3-7,15H2,1-2H3,(H,16,18). The smallest absolute Gasteiger partial charge is 0.225 e. The maximum atomic E-state index is 12.1. The van der Waals surface area contributed by atoms with Crippen molar-refractivity contribution in [3.05, 3.63) is 0 Å². The zero-order valence-corrected chi connectivity index (χ0v) is 11.4. The van der Waals surface area contributed by atoms with E-state index in [9.17, 15) is 9.90 Å². The molecule has 1 amide bonds. The first-order valence-electron chi connectivity index (χ1n) is 7.20. The van der Waals surface area contributed by atoms with Crippen LogP contribution in [0.1, 0.15) is 39.5 Å². The summed E-state index contributed by atoms with van der Waals surface area (Å²) in [6.45, 7) is 4.49. The third-order valence-corrected chi connectivity index (χ3v) is 4.54. The van der Waals surface area contributed by atoms with Gasteiger partial charge in [-0.1, -0.05) is 13.8 Å². The fraction of sp³-hybridized carbons (Fsp3) is 0.929. The highest BCUT2D eigenvalue weighted by Crippen LogP contribution is 2.47. The number of fused-ring (bicyclic) bond motifs is 2. The molecule has 2 aliphatic rings. The second kappa shape index (κ2) is 5.57. The summed E-state index contributed by atoms with van der Waals surface area (Å²) in [4.78, 5) is 12.1. The van der Waals surface area contributed by atoms with Crippen molar-refractivity contribution in [2.75, 3.05) is 6.54 Å². The van der Waals surface area contributed by atoms with Crippen LogP contribution in [0.3, 0.4) is 0 Å². The predicted molar refractivity (Wildman–Crippen MR) is 70.8 cm³/mol. The van der Waals surface area contributed by atoms with Gasteiger partial charge < -0.3 is 16.2 Å². The summed E-state index contributed by atoms with van der Waals surface area (Å²) in [6.07, 6.45) is 3.73. The third kappa shape index (κ3) is 2.86. The Hall–Kier alpha value is -0.610. The lowest BCUT2D eigenvalue weighted by atomic mass is 9.84. The molecular formula is C14H26N2O2. The van der Waals surface area contributed by atoms with Gasteiger partial charge in [0.2, 0.25) is 5.91 Å². The molecule has 5 atom stereocenters. The first kappa shape index (κ1) is 13.8. The van der Waals surface area contributed by atoms with Crippen LogP contribution in [0.2, 0.25) is 0 Å². The highest BCUT2D eigenvalue weighted by Gasteiger charge is 2.48. The second-order valence-electron chi connectivity index (χ2n) is 6.46. The summed E-state index contributed by atoms with van der Waals surface area (Å²) < 4.78 is 0. The minimum atomic E-state index is -0.441. The van der Waals surface area contributed by atoms with Gasteiger partial charge in [-0.3, -0.25) is 4.79 Å². The van der Waals surface area contributed by atoms with Gasteiger partial charge in [0.15, 0.2) is 0 Å². The lowest BCUT2D eigenvalue weighted by Gasteiger charge is -2.27. The Morgan fingerprint density at radius 3 is 2.61 bits per heavy atom. The van der Waals surface area contributed by atoms with Crippen molar-refractivity contribution >= 4 is 5.91 Å². The zero-order chi connectivity index (χ0) is 13.3. The van der Waals surface area contributed by atoms with E-state index in [1.165, 1.54) is 6.42 Å². The normalized spacial score (nSPS) is 36.1. The van der Waals surface area contributed by atoms with Crippen molar-refractivity contribution in [3.8, 4) is 0 Å². The Morgan fingerprint density at radius 1 is 1.39 bits per heavy atom. The molecule has 104 valence electrons. The SMILES string of the molecule is CC(C)CC(O)CNC(=O)C1C2CCC(C2)C1N. The Kier molecular flexibility index (Phi) is 4.28. The molecule has 4 nitrogen and oxygen atoms in total. The molecule has 0 saturated heterocycles. The van der Waals surface area contributed by atoms with Crippen LogP contribution in [0, 0.1) is 23.7 Å². The Balaban J connectivity index is 1.78. The van der Waals surface area contributed by atoms with Crippen molar-refractivity contribution in [1.82, 2.24) is 5.32 Å².